The zero-order chi connectivity index (χ0) is 20.9. The van der Waals surface area contributed by atoms with Gasteiger partial charge in [-0.05, 0) is 54.8 Å². The van der Waals surface area contributed by atoms with Crippen molar-refractivity contribution >= 4 is 45.9 Å². The molecule has 3 aromatic carbocycles. The maximum Gasteiger partial charge on any atom is 0.234 e. The van der Waals surface area contributed by atoms with Crippen LogP contribution in [0.5, 0.6) is 0 Å². The van der Waals surface area contributed by atoms with Crippen molar-refractivity contribution < 1.29 is 9.18 Å². The van der Waals surface area contributed by atoms with Crippen LogP contribution in [0, 0.1) is 5.82 Å². The molecule has 0 unspecified atom stereocenters. The first-order chi connectivity index (χ1) is 14.6. The Hall–Kier alpha value is -2.90. The van der Waals surface area contributed by atoms with Crippen LogP contribution in [0.3, 0.4) is 0 Å². The summed E-state index contributed by atoms with van der Waals surface area (Å²) in [4.78, 5) is 13.5. The summed E-state index contributed by atoms with van der Waals surface area (Å²) in [6.45, 7) is 0. The van der Waals surface area contributed by atoms with Crippen LogP contribution in [0.2, 0.25) is 0 Å². The topological polar surface area (TPSA) is 54.9 Å². The summed E-state index contributed by atoms with van der Waals surface area (Å²) >= 11 is 3.00. The van der Waals surface area contributed by atoms with Gasteiger partial charge in [0.15, 0.2) is 0 Å². The lowest BCUT2D eigenvalue weighted by molar-refractivity contribution is -0.113. The fourth-order valence-electron chi connectivity index (χ4n) is 3.01. The van der Waals surface area contributed by atoms with Gasteiger partial charge in [0.1, 0.15) is 16.5 Å². The Kier molecular flexibility index (Phi) is 6.30. The van der Waals surface area contributed by atoms with Crippen LogP contribution in [0.25, 0.3) is 22.0 Å². The number of thioether (sulfide) groups is 2. The largest absolute Gasteiger partial charge is 0.325 e. The van der Waals surface area contributed by atoms with Crippen molar-refractivity contribution in [2.75, 3.05) is 17.3 Å². The van der Waals surface area contributed by atoms with Crippen molar-refractivity contribution in [1.82, 2.24) is 10.2 Å². The molecule has 4 aromatic rings. The van der Waals surface area contributed by atoms with Gasteiger partial charge in [-0.3, -0.25) is 4.79 Å². The van der Waals surface area contributed by atoms with E-state index in [0.29, 0.717) is 10.7 Å². The summed E-state index contributed by atoms with van der Waals surface area (Å²) < 4.78 is 13.3. The second kappa shape index (κ2) is 9.28. The van der Waals surface area contributed by atoms with Crippen LogP contribution in [0.15, 0.2) is 82.7 Å². The third kappa shape index (κ3) is 4.63. The Balaban J connectivity index is 1.52. The van der Waals surface area contributed by atoms with Gasteiger partial charge in [0.2, 0.25) is 5.91 Å². The fourth-order valence-corrected chi connectivity index (χ4v) is 4.19. The van der Waals surface area contributed by atoms with Crippen molar-refractivity contribution in [2.24, 2.45) is 0 Å². The molecule has 0 atom stereocenters. The molecule has 0 aliphatic heterocycles. The lowest BCUT2D eigenvalue weighted by Crippen LogP contribution is -2.14. The maximum atomic E-state index is 13.3. The van der Waals surface area contributed by atoms with Crippen LogP contribution in [-0.4, -0.2) is 28.1 Å². The van der Waals surface area contributed by atoms with Crippen molar-refractivity contribution in [2.45, 2.75) is 9.92 Å². The molecule has 0 saturated heterocycles. The highest BCUT2D eigenvalue weighted by atomic mass is 32.2. The van der Waals surface area contributed by atoms with Gasteiger partial charge in [0.05, 0.1) is 5.75 Å². The molecule has 0 saturated carbocycles. The number of anilines is 1. The highest BCUT2D eigenvalue weighted by Gasteiger charge is 2.13. The molecule has 7 heteroatoms. The third-order valence-corrected chi connectivity index (χ3v) is 6.21. The SMILES string of the molecule is CSc1ccc(NC(=O)CSc2nnc(-c3ccc(F)cc3)c3ccccc23)cc1. The summed E-state index contributed by atoms with van der Waals surface area (Å²) in [6.07, 6.45) is 2.01. The molecule has 150 valence electrons. The number of fused-ring (bicyclic) bond motifs is 1. The average Bonchev–Trinajstić information content (AvgIpc) is 2.78. The van der Waals surface area contributed by atoms with E-state index in [-0.39, 0.29) is 17.5 Å². The van der Waals surface area contributed by atoms with Crippen molar-refractivity contribution in [1.29, 1.82) is 0 Å². The number of carbonyl (C=O) groups excluding carboxylic acids is 1. The molecule has 0 spiro atoms. The quantitative estimate of drug-likeness (QED) is 0.383. The molecule has 1 aromatic heterocycles. The summed E-state index contributed by atoms with van der Waals surface area (Å²) in [5, 5.41) is 14.1. The van der Waals surface area contributed by atoms with E-state index in [0.717, 1.165) is 26.9 Å². The van der Waals surface area contributed by atoms with E-state index in [1.807, 2.05) is 54.8 Å². The molecule has 0 aliphatic rings. The van der Waals surface area contributed by atoms with Crippen LogP contribution in [0.4, 0.5) is 10.1 Å². The predicted octanol–water partition coefficient (Wildman–Crippen LogP) is 5.89. The Morgan fingerprint density at radius 3 is 2.33 bits per heavy atom. The second-order valence-electron chi connectivity index (χ2n) is 6.47. The second-order valence-corrected chi connectivity index (χ2v) is 8.32. The summed E-state index contributed by atoms with van der Waals surface area (Å²) in [5.74, 6) is -0.179. The minimum Gasteiger partial charge on any atom is -0.325 e. The van der Waals surface area contributed by atoms with Gasteiger partial charge in [0.25, 0.3) is 0 Å². The van der Waals surface area contributed by atoms with Crippen LogP contribution in [0.1, 0.15) is 0 Å². The molecule has 1 amide bonds. The lowest BCUT2D eigenvalue weighted by Gasteiger charge is -2.10. The molecule has 0 bridgehead atoms. The van der Waals surface area contributed by atoms with E-state index in [9.17, 15) is 9.18 Å². The van der Waals surface area contributed by atoms with Crippen molar-refractivity contribution in [3.63, 3.8) is 0 Å². The molecule has 1 heterocycles. The van der Waals surface area contributed by atoms with E-state index >= 15 is 0 Å². The maximum absolute atomic E-state index is 13.3. The number of amides is 1. The summed E-state index contributed by atoms with van der Waals surface area (Å²) in [5.41, 5.74) is 2.25. The summed E-state index contributed by atoms with van der Waals surface area (Å²) in [7, 11) is 0. The lowest BCUT2D eigenvalue weighted by atomic mass is 10.1. The van der Waals surface area contributed by atoms with E-state index in [4.69, 9.17) is 0 Å². The monoisotopic (exact) mass is 435 g/mol. The highest BCUT2D eigenvalue weighted by Crippen LogP contribution is 2.31. The first kappa shape index (κ1) is 20.4. The molecule has 0 radical (unpaired) electrons. The van der Waals surface area contributed by atoms with Crippen LogP contribution in [-0.2, 0) is 4.79 Å². The molecule has 4 rings (SSSR count). The fraction of sp³-hybridized carbons (Fsp3) is 0.0870. The first-order valence-electron chi connectivity index (χ1n) is 9.22. The number of aromatic nitrogens is 2. The van der Waals surface area contributed by atoms with E-state index < -0.39 is 0 Å². The number of nitrogens with one attached hydrogen (secondary N) is 1. The third-order valence-electron chi connectivity index (χ3n) is 4.48. The van der Waals surface area contributed by atoms with Gasteiger partial charge < -0.3 is 5.32 Å². The molecule has 0 aliphatic carbocycles. The Bertz CT molecular complexity index is 1180. The van der Waals surface area contributed by atoms with Gasteiger partial charge >= 0.3 is 0 Å². The number of rotatable bonds is 6. The predicted molar refractivity (Wildman–Crippen MR) is 123 cm³/mol. The van der Waals surface area contributed by atoms with Gasteiger partial charge in [-0.25, -0.2) is 4.39 Å². The van der Waals surface area contributed by atoms with Gasteiger partial charge in [0, 0.05) is 26.9 Å². The van der Waals surface area contributed by atoms with Crippen LogP contribution < -0.4 is 5.32 Å². The zero-order valence-electron chi connectivity index (χ0n) is 16.1. The average molecular weight is 436 g/mol. The zero-order valence-corrected chi connectivity index (χ0v) is 17.8. The molecular weight excluding hydrogens is 417 g/mol. The molecule has 30 heavy (non-hydrogen) atoms. The number of halogens is 1. The number of carbonyl (C=O) groups is 1. The molecule has 0 fully saturated rings. The molecular formula is C23H18FN3OS2. The number of benzene rings is 3. The van der Waals surface area contributed by atoms with E-state index in [1.165, 1.54) is 23.9 Å². The smallest absolute Gasteiger partial charge is 0.234 e. The van der Waals surface area contributed by atoms with Gasteiger partial charge in [-0.15, -0.1) is 22.0 Å². The van der Waals surface area contributed by atoms with E-state index in [2.05, 4.69) is 15.5 Å². The Labute approximate surface area is 182 Å². The number of nitrogens with zero attached hydrogens (tertiary/aromatic N) is 2. The van der Waals surface area contributed by atoms with Crippen LogP contribution >= 0.6 is 23.5 Å². The Morgan fingerprint density at radius 1 is 0.933 bits per heavy atom. The minimum absolute atomic E-state index is 0.106. The molecule has 1 N–H and O–H groups in total. The van der Waals surface area contributed by atoms with Crippen molar-refractivity contribution in [3.05, 3.63) is 78.6 Å². The van der Waals surface area contributed by atoms with Gasteiger partial charge in [-0.2, -0.15) is 0 Å². The minimum atomic E-state index is -0.294. The van der Waals surface area contributed by atoms with Crippen molar-refractivity contribution in [3.8, 4) is 11.3 Å². The number of hydrogen-bond donors (Lipinski definition) is 1. The Morgan fingerprint density at radius 2 is 1.63 bits per heavy atom. The summed E-state index contributed by atoms with van der Waals surface area (Å²) in [6, 6.07) is 21.7. The standard InChI is InChI=1S/C23H18FN3OS2/c1-29-18-12-10-17(11-13-18)25-21(28)14-30-23-20-5-3-2-4-19(20)22(26-27-23)15-6-8-16(24)9-7-15/h2-13H,14H2,1H3,(H,25,28). The normalized spacial score (nSPS) is 10.9. The number of hydrogen-bond acceptors (Lipinski definition) is 5. The highest BCUT2D eigenvalue weighted by molar-refractivity contribution is 8.00. The first-order valence-corrected chi connectivity index (χ1v) is 11.4. The van der Waals surface area contributed by atoms with Gasteiger partial charge in [-0.1, -0.05) is 36.0 Å². The molecule has 4 nitrogen and oxygen atoms in total. The van der Waals surface area contributed by atoms with E-state index in [1.54, 1.807) is 23.9 Å².